The van der Waals surface area contributed by atoms with Gasteiger partial charge in [0.15, 0.2) is 0 Å². The molecule has 20 heavy (non-hydrogen) atoms. The van der Waals surface area contributed by atoms with Crippen LogP contribution in [-0.4, -0.2) is 24.7 Å². The highest BCUT2D eigenvalue weighted by molar-refractivity contribution is 5.70. The highest BCUT2D eigenvalue weighted by Crippen LogP contribution is 2.19. The van der Waals surface area contributed by atoms with Crippen LogP contribution in [0.15, 0.2) is 18.2 Å². The van der Waals surface area contributed by atoms with Crippen LogP contribution in [0, 0.1) is 18.8 Å². The number of aliphatic carboxylic acids is 1. The van der Waals surface area contributed by atoms with Gasteiger partial charge in [-0.25, -0.2) is 0 Å². The molecular formula is C16H25NO3. The zero-order valence-corrected chi connectivity index (χ0v) is 12.8. The van der Waals surface area contributed by atoms with Gasteiger partial charge < -0.3 is 15.2 Å². The predicted molar refractivity (Wildman–Crippen MR) is 80.0 cm³/mol. The van der Waals surface area contributed by atoms with Gasteiger partial charge in [0.05, 0.1) is 13.0 Å². The average molecular weight is 279 g/mol. The minimum atomic E-state index is -0.734. The molecular weight excluding hydrogens is 254 g/mol. The Morgan fingerprint density at radius 3 is 2.65 bits per heavy atom. The van der Waals surface area contributed by atoms with Gasteiger partial charge in [0.25, 0.3) is 0 Å². The molecule has 0 heterocycles. The van der Waals surface area contributed by atoms with Crippen molar-refractivity contribution >= 4 is 5.97 Å². The molecule has 0 saturated carbocycles. The van der Waals surface area contributed by atoms with Crippen LogP contribution in [0.2, 0.25) is 0 Å². The van der Waals surface area contributed by atoms with Crippen LogP contribution in [0.25, 0.3) is 0 Å². The van der Waals surface area contributed by atoms with E-state index in [0.717, 1.165) is 11.3 Å². The van der Waals surface area contributed by atoms with Crippen molar-refractivity contribution in [3.8, 4) is 5.75 Å². The number of carbonyl (C=O) groups is 1. The lowest BCUT2D eigenvalue weighted by molar-refractivity contribution is -0.142. The summed E-state index contributed by atoms with van der Waals surface area (Å²) in [6.45, 7) is 7.21. The van der Waals surface area contributed by atoms with Gasteiger partial charge in [-0.3, -0.25) is 4.79 Å². The first-order chi connectivity index (χ1) is 9.43. The van der Waals surface area contributed by atoms with Gasteiger partial charge in [-0.05, 0) is 25.3 Å². The van der Waals surface area contributed by atoms with E-state index in [1.165, 1.54) is 5.56 Å². The van der Waals surface area contributed by atoms with E-state index < -0.39 is 5.97 Å². The fourth-order valence-electron chi connectivity index (χ4n) is 2.27. The molecule has 1 unspecified atom stereocenters. The highest BCUT2D eigenvalue weighted by atomic mass is 16.5. The second kappa shape index (κ2) is 7.90. The molecule has 0 spiro atoms. The Balaban J connectivity index is 2.58. The normalized spacial score (nSPS) is 12.4. The third-order valence-corrected chi connectivity index (χ3v) is 3.25. The minimum Gasteiger partial charge on any atom is -0.496 e. The number of carboxylic acid groups (broad SMARTS) is 1. The molecule has 0 fully saturated rings. The Bertz CT molecular complexity index is 443. The second-order valence-electron chi connectivity index (χ2n) is 5.61. The molecule has 0 amide bonds. The molecule has 1 rings (SSSR count). The lowest BCUT2D eigenvalue weighted by Crippen LogP contribution is -2.29. The van der Waals surface area contributed by atoms with Crippen molar-refractivity contribution in [2.75, 3.05) is 13.7 Å². The smallest absolute Gasteiger partial charge is 0.307 e. The summed E-state index contributed by atoms with van der Waals surface area (Å²) in [6, 6.07) is 6.00. The molecule has 4 nitrogen and oxygen atoms in total. The molecule has 1 aromatic carbocycles. The van der Waals surface area contributed by atoms with Crippen molar-refractivity contribution in [2.24, 2.45) is 11.8 Å². The van der Waals surface area contributed by atoms with Gasteiger partial charge in [-0.1, -0.05) is 31.5 Å². The SMILES string of the molecule is COc1ccc(C)cc1CNCC(CC(C)C)C(=O)O. The number of aryl methyl sites for hydroxylation is 1. The van der Waals surface area contributed by atoms with Gasteiger partial charge in [0.2, 0.25) is 0 Å². The molecule has 0 saturated heterocycles. The maximum absolute atomic E-state index is 11.2. The summed E-state index contributed by atoms with van der Waals surface area (Å²) in [5, 5.41) is 12.4. The zero-order valence-electron chi connectivity index (χ0n) is 12.8. The van der Waals surface area contributed by atoms with E-state index in [-0.39, 0.29) is 5.92 Å². The van der Waals surface area contributed by atoms with Crippen molar-refractivity contribution in [2.45, 2.75) is 33.7 Å². The molecule has 2 N–H and O–H groups in total. The summed E-state index contributed by atoms with van der Waals surface area (Å²) >= 11 is 0. The Kier molecular flexibility index (Phi) is 6.52. The maximum Gasteiger partial charge on any atom is 0.307 e. The van der Waals surface area contributed by atoms with Crippen LogP contribution >= 0.6 is 0 Å². The summed E-state index contributed by atoms with van der Waals surface area (Å²) < 4.78 is 5.31. The van der Waals surface area contributed by atoms with Crippen molar-refractivity contribution in [1.29, 1.82) is 0 Å². The van der Waals surface area contributed by atoms with E-state index in [4.69, 9.17) is 4.74 Å². The minimum absolute atomic E-state index is 0.342. The number of nitrogens with one attached hydrogen (secondary N) is 1. The van der Waals surface area contributed by atoms with Gasteiger partial charge in [-0.2, -0.15) is 0 Å². The molecule has 0 bridgehead atoms. The van der Waals surface area contributed by atoms with E-state index >= 15 is 0 Å². The van der Waals surface area contributed by atoms with Crippen molar-refractivity contribution in [3.63, 3.8) is 0 Å². The fraction of sp³-hybridized carbons (Fsp3) is 0.562. The summed E-state index contributed by atoms with van der Waals surface area (Å²) in [7, 11) is 1.65. The van der Waals surface area contributed by atoms with E-state index in [1.807, 2.05) is 32.9 Å². The summed E-state index contributed by atoms with van der Waals surface area (Å²) in [4.78, 5) is 11.2. The number of rotatable bonds is 8. The number of carboxylic acids is 1. The Morgan fingerprint density at radius 1 is 1.40 bits per heavy atom. The molecule has 0 aliphatic rings. The van der Waals surface area contributed by atoms with Gasteiger partial charge >= 0.3 is 5.97 Å². The van der Waals surface area contributed by atoms with Gasteiger partial charge in [0.1, 0.15) is 5.75 Å². The Labute approximate surface area is 121 Å². The van der Waals surface area contributed by atoms with Crippen molar-refractivity contribution in [3.05, 3.63) is 29.3 Å². The third-order valence-electron chi connectivity index (χ3n) is 3.25. The monoisotopic (exact) mass is 279 g/mol. The van der Waals surface area contributed by atoms with E-state index in [2.05, 4.69) is 11.4 Å². The van der Waals surface area contributed by atoms with Gasteiger partial charge in [-0.15, -0.1) is 0 Å². The van der Waals surface area contributed by atoms with Crippen LogP contribution in [-0.2, 0) is 11.3 Å². The average Bonchev–Trinajstić information content (AvgIpc) is 2.37. The number of ether oxygens (including phenoxy) is 1. The van der Waals surface area contributed by atoms with Crippen LogP contribution in [0.4, 0.5) is 0 Å². The van der Waals surface area contributed by atoms with Crippen LogP contribution in [0.1, 0.15) is 31.4 Å². The molecule has 4 heteroatoms. The fourth-order valence-corrected chi connectivity index (χ4v) is 2.27. The number of hydrogen-bond acceptors (Lipinski definition) is 3. The molecule has 112 valence electrons. The predicted octanol–water partition coefficient (Wildman–Crippen LogP) is 2.84. The van der Waals surface area contributed by atoms with E-state index in [0.29, 0.717) is 25.4 Å². The zero-order chi connectivity index (χ0) is 15.1. The lowest BCUT2D eigenvalue weighted by Gasteiger charge is -2.16. The first-order valence-corrected chi connectivity index (χ1v) is 7.01. The summed E-state index contributed by atoms with van der Waals surface area (Å²) in [6.07, 6.45) is 0.688. The number of benzene rings is 1. The standard InChI is InChI=1S/C16H25NO3/c1-11(2)7-14(16(18)19)10-17-9-13-8-12(3)5-6-15(13)20-4/h5-6,8,11,14,17H,7,9-10H2,1-4H3,(H,18,19). The first-order valence-electron chi connectivity index (χ1n) is 7.01. The van der Waals surface area contributed by atoms with E-state index in [1.54, 1.807) is 7.11 Å². The summed E-state index contributed by atoms with van der Waals surface area (Å²) in [5.41, 5.74) is 2.22. The van der Waals surface area contributed by atoms with Crippen LogP contribution in [0.3, 0.4) is 0 Å². The van der Waals surface area contributed by atoms with Crippen LogP contribution < -0.4 is 10.1 Å². The molecule has 0 aromatic heterocycles. The molecule has 1 atom stereocenters. The summed E-state index contributed by atoms with van der Waals surface area (Å²) in [5.74, 6) is 0.137. The molecule has 0 aliphatic heterocycles. The largest absolute Gasteiger partial charge is 0.496 e. The van der Waals surface area contributed by atoms with E-state index in [9.17, 15) is 9.90 Å². The lowest BCUT2D eigenvalue weighted by atomic mass is 9.97. The van der Waals surface area contributed by atoms with Crippen molar-refractivity contribution in [1.82, 2.24) is 5.32 Å². The quantitative estimate of drug-likeness (QED) is 0.768. The number of methoxy groups -OCH3 is 1. The second-order valence-corrected chi connectivity index (χ2v) is 5.61. The molecule has 1 aromatic rings. The Morgan fingerprint density at radius 2 is 2.10 bits per heavy atom. The third kappa shape index (κ3) is 5.21. The van der Waals surface area contributed by atoms with Crippen LogP contribution in [0.5, 0.6) is 5.75 Å². The molecule has 0 radical (unpaired) electrons. The van der Waals surface area contributed by atoms with Crippen molar-refractivity contribution < 1.29 is 14.6 Å². The maximum atomic E-state index is 11.2. The highest BCUT2D eigenvalue weighted by Gasteiger charge is 2.18. The van der Waals surface area contributed by atoms with Gasteiger partial charge in [0, 0.05) is 18.7 Å². The first kappa shape index (κ1) is 16.5. The topological polar surface area (TPSA) is 58.6 Å². The molecule has 0 aliphatic carbocycles. The number of hydrogen-bond donors (Lipinski definition) is 2. The Hall–Kier alpha value is -1.55.